The van der Waals surface area contributed by atoms with Gasteiger partial charge < -0.3 is 94.9 Å². The minimum absolute atomic E-state index is 0.0224. The van der Waals surface area contributed by atoms with Crippen LogP contribution in [0.2, 0.25) is 0 Å². The Bertz CT molecular complexity index is 2060. The highest BCUT2D eigenvalue weighted by molar-refractivity contribution is 5.16. The van der Waals surface area contributed by atoms with Gasteiger partial charge in [-0.1, -0.05) is 135 Å². The van der Waals surface area contributed by atoms with E-state index in [1.807, 2.05) is 112 Å². The molecule has 0 spiro atoms. The molecule has 15 nitrogen and oxygen atoms in total. The molecule has 0 amide bonds. The maximum atomic E-state index is 11.5. The van der Waals surface area contributed by atoms with Crippen molar-refractivity contribution in [3.8, 4) is 0 Å². The molecule has 7 N–H and O–H groups in total. The van der Waals surface area contributed by atoms with Crippen LogP contribution in [0.5, 0.6) is 0 Å². The average molecular weight is 1020 g/mol. The Labute approximate surface area is 434 Å². The molecule has 2 aliphatic heterocycles. The zero-order valence-electron chi connectivity index (χ0n) is 43.5. The molecule has 0 bridgehead atoms. The first-order valence-electron chi connectivity index (χ1n) is 25.6. The molecule has 0 saturated carbocycles. The van der Waals surface area contributed by atoms with Crippen molar-refractivity contribution in [2.75, 3.05) is 20.3 Å². The van der Waals surface area contributed by atoms with E-state index in [9.17, 15) is 15.3 Å². The fourth-order valence-corrected chi connectivity index (χ4v) is 8.76. The summed E-state index contributed by atoms with van der Waals surface area (Å²) in [5.74, 6) is -1.77. The van der Waals surface area contributed by atoms with E-state index < -0.39 is 84.9 Å². The van der Waals surface area contributed by atoms with E-state index in [4.69, 9.17) is 58.8 Å². The third-order valence-corrected chi connectivity index (χ3v) is 12.9. The van der Waals surface area contributed by atoms with Crippen LogP contribution >= 0.6 is 0 Å². The molecule has 406 valence electrons. The first-order valence-corrected chi connectivity index (χ1v) is 25.6. The van der Waals surface area contributed by atoms with Gasteiger partial charge in [0.05, 0.1) is 68.2 Å². The van der Waals surface area contributed by atoms with Gasteiger partial charge in [-0.2, -0.15) is 12.8 Å². The molecule has 2 fully saturated rings. The van der Waals surface area contributed by atoms with E-state index in [0.717, 1.165) is 16.7 Å². The summed E-state index contributed by atoms with van der Waals surface area (Å²) >= 11 is 0. The Balaban J connectivity index is 1.26. The van der Waals surface area contributed by atoms with Gasteiger partial charge in [0.25, 0.3) is 0 Å². The summed E-state index contributed by atoms with van der Waals surface area (Å²) in [6.07, 6.45) is 1.95. The normalized spacial score (nSPS) is 27.9. The summed E-state index contributed by atoms with van der Waals surface area (Å²) in [4.78, 5) is 0. The van der Waals surface area contributed by atoms with Gasteiger partial charge in [0.2, 0.25) is 0 Å². The standard InChI is InChI=1S/C58H83N2O13/c1-9-22-45(73-58(7,63)33-32-44(11-3)70-55(62)47(59)34-46(23-10-2)65-35-41-24-16-13-17-25-41)30-31-49(61)72-51-40(5)68-38-57(6,54(51)67-37-43-28-20-15-21-29-43)39-69-52-48(12-4)71-56(64-8)50(60)53(52)66-36-42-26-18-14-19-27-42/h13-21,24-34,40,44-46,48-56,61-63H,2,4,6,9-12,22-23,35-39,59-60H2,1,3,5,7-8H3/q-3. The van der Waals surface area contributed by atoms with Crippen molar-refractivity contribution in [1.82, 2.24) is 0 Å². The number of aliphatic hydroxyl groups is 3. The minimum Gasteiger partial charge on any atom is -0.398 e. The molecular weight excluding hydrogens is 933 g/mol. The molecule has 5 rings (SSSR count). The van der Waals surface area contributed by atoms with Crippen molar-refractivity contribution >= 4 is 0 Å². The number of benzene rings is 3. The van der Waals surface area contributed by atoms with Crippen molar-refractivity contribution in [3.63, 3.8) is 0 Å². The average Bonchev–Trinajstić information content (AvgIpc) is 3.39. The molecule has 0 radical (unpaired) electrons. The van der Waals surface area contributed by atoms with Crippen LogP contribution in [-0.2, 0) is 67.2 Å². The van der Waals surface area contributed by atoms with Crippen molar-refractivity contribution in [3.05, 3.63) is 165 Å². The Hall–Kier alpha value is -3.88. The first-order chi connectivity index (χ1) is 35.1. The van der Waals surface area contributed by atoms with Crippen molar-refractivity contribution in [2.24, 2.45) is 16.9 Å². The molecule has 15 unspecified atom stereocenters. The topological polar surface area (TPSA) is 205 Å². The lowest BCUT2D eigenvalue weighted by Crippen LogP contribution is -2.64. The fraction of sp³-hybridized carbons (Fsp3) is 0.534. The highest BCUT2D eigenvalue weighted by Gasteiger charge is 2.48. The molecule has 15 heteroatoms. The lowest BCUT2D eigenvalue weighted by atomic mass is 9.79. The summed E-state index contributed by atoms with van der Waals surface area (Å²) in [5.41, 5.74) is 15.0. The van der Waals surface area contributed by atoms with Crippen LogP contribution in [-0.4, -0.2) is 121 Å². The molecular formula is C58H83N2O13-3. The monoisotopic (exact) mass is 1020 g/mol. The van der Waals surface area contributed by atoms with Crippen LogP contribution in [0.25, 0.3) is 0 Å². The Morgan fingerprint density at radius 3 is 2.01 bits per heavy atom. The number of aliphatic hydroxyl groups excluding tert-OH is 2. The summed E-state index contributed by atoms with van der Waals surface area (Å²) in [6.45, 7) is 21.0. The maximum Gasteiger partial charge on any atom is 0.196 e. The van der Waals surface area contributed by atoms with Crippen molar-refractivity contribution in [2.45, 2.75) is 172 Å². The van der Waals surface area contributed by atoms with E-state index in [2.05, 4.69) is 20.8 Å². The molecule has 0 aromatic heterocycles. The van der Waals surface area contributed by atoms with Crippen LogP contribution < -0.4 is 11.5 Å². The number of hydrogen-bond donors (Lipinski definition) is 5. The summed E-state index contributed by atoms with van der Waals surface area (Å²) in [6, 6.07) is 28.6. The Morgan fingerprint density at radius 1 is 0.822 bits per heavy atom. The van der Waals surface area contributed by atoms with E-state index in [1.54, 1.807) is 25.3 Å². The molecule has 15 atom stereocenters. The molecule has 2 heterocycles. The molecule has 3 aromatic rings. The highest BCUT2D eigenvalue weighted by atomic mass is 16.7. The van der Waals surface area contributed by atoms with Crippen LogP contribution in [0, 0.1) is 26.2 Å². The van der Waals surface area contributed by atoms with E-state index in [-0.39, 0.29) is 38.2 Å². The zero-order valence-corrected chi connectivity index (χ0v) is 43.5. The number of hydrogen-bond acceptors (Lipinski definition) is 15. The van der Waals surface area contributed by atoms with Gasteiger partial charge >= 0.3 is 0 Å². The second kappa shape index (κ2) is 30.6. The predicted molar refractivity (Wildman–Crippen MR) is 279 cm³/mol. The zero-order chi connectivity index (χ0) is 52.8. The lowest BCUT2D eigenvalue weighted by molar-refractivity contribution is -0.289. The number of rotatable bonds is 31. The largest absolute Gasteiger partial charge is 0.398 e. The second-order valence-electron chi connectivity index (χ2n) is 19.1. The van der Waals surface area contributed by atoms with Gasteiger partial charge in [0.15, 0.2) is 24.7 Å². The van der Waals surface area contributed by atoms with Gasteiger partial charge in [-0.05, 0) is 61.6 Å². The summed E-state index contributed by atoms with van der Waals surface area (Å²) in [5, 5.41) is 33.9. The van der Waals surface area contributed by atoms with E-state index >= 15 is 0 Å². The number of nitrogens with two attached hydrogens (primary N) is 2. The Morgan fingerprint density at radius 2 is 1.44 bits per heavy atom. The summed E-state index contributed by atoms with van der Waals surface area (Å²) < 4.78 is 62.7. The molecule has 0 aliphatic carbocycles. The van der Waals surface area contributed by atoms with Crippen molar-refractivity contribution < 1.29 is 62.7 Å². The molecule has 2 aliphatic rings. The number of ether oxygens (including phenoxy) is 10. The number of methoxy groups -OCH3 is 1. The van der Waals surface area contributed by atoms with Gasteiger partial charge in [-0.25, -0.2) is 0 Å². The van der Waals surface area contributed by atoms with Crippen LogP contribution in [0.1, 0.15) is 82.9 Å². The SMILES string of the molecule is [CH2-]CCC(C=C(N)C(O)OC(C=CC(C)(O)OC(C=CC(O)OC1C(C)OCC([CH2-])(COC2C(C[CH2-])OC(OC)C(N)C2OCc2ccccc2)C1OCc1ccccc1)CCC)CC)OCc1ccccc1. The van der Waals surface area contributed by atoms with Crippen LogP contribution in [0.4, 0.5) is 0 Å². The fourth-order valence-electron chi connectivity index (χ4n) is 8.76. The smallest absolute Gasteiger partial charge is 0.196 e. The highest BCUT2D eigenvalue weighted by Crippen LogP contribution is 2.38. The third kappa shape index (κ3) is 19.0. The molecule has 73 heavy (non-hydrogen) atoms. The predicted octanol–water partition coefficient (Wildman–Crippen LogP) is 7.57. The quantitative estimate of drug-likeness (QED) is 0.0240. The first kappa shape index (κ1) is 60.0. The molecule has 2 saturated heterocycles. The summed E-state index contributed by atoms with van der Waals surface area (Å²) in [7, 11) is 1.54. The second-order valence-corrected chi connectivity index (χ2v) is 19.1. The van der Waals surface area contributed by atoms with Gasteiger partial charge in [0.1, 0.15) is 18.3 Å². The van der Waals surface area contributed by atoms with E-state index in [0.29, 0.717) is 45.1 Å². The minimum atomic E-state index is -1.77. The Kier molecular flexibility index (Phi) is 25.2. The maximum absolute atomic E-state index is 11.5. The van der Waals surface area contributed by atoms with E-state index in [1.165, 1.54) is 19.1 Å². The van der Waals surface area contributed by atoms with Crippen LogP contribution in [0.15, 0.2) is 127 Å². The van der Waals surface area contributed by atoms with Crippen LogP contribution in [0.3, 0.4) is 0 Å². The lowest BCUT2D eigenvalue weighted by Gasteiger charge is -2.53. The van der Waals surface area contributed by atoms with Gasteiger partial charge in [-0.3, -0.25) is 0 Å². The van der Waals surface area contributed by atoms with Crippen molar-refractivity contribution in [1.29, 1.82) is 0 Å². The van der Waals surface area contributed by atoms with Gasteiger partial charge in [0, 0.05) is 20.3 Å². The van der Waals surface area contributed by atoms with Gasteiger partial charge in [-0.15, -0.1) is 0 Å². The third-order valence-electron chi connectivity index (χ3n) is 12.9. The molecule has 3 aromatic carbocycles.